The summed E-state index contributed by atoms with van der Waals surface area (Å²) in [5.41, 5.74) is -1.17. The summed E-state index contributed by atoms with van der Waals surface area (Å²) in [5.74, 6) is -0.860. The lowest BCUT2D eigenvalue weighted by molar-refractivity contribution is -0.141. The van der Waals surface area contributed by atoms with Crippen molar-refractivity contribution >= 4 is 42.4 Å². The van der Waals surface area contributed by atoms with Crippen LogP contribution in [-0.4, -0.2) is 56.6 Å². The van der Waals surface area contributed by atoms with Crippen LogP contribution >= 0.6 is 11.3 Å². The Kier molecular flexibility index (Phi) is 7.56. The summed E-state index contributed by atoms with van der Waals surface area (Å²) >= 11 is 0.538. The van der Waals surface area contributed by atoms with E-state index in [1.807, 2.05) is 0 Å². The Morgan fingerprint density at radius 3 is 2.66 bits per heavy atom. The van der Waals surface area contributed by atoms with Gasteiger partial charge < -0.3 is 15.4 Å². The number of pyridine rings is 1. The van der Waals surface area contributed by atoms with Gasteiger partial charge in [-0.25, -0.2) is 14.8 Å². The van der Waals surface area contributed by atoms with Crippen LogP contribution in [0.2, 0.25) is 0 Å². The van der Waals surface area contributed by atoms with E-state index in [1.165, 1.54) is 19.4 Å². The van der Waals surface area contributed by atoms with Crippen LogP contribution in [0.15, 0.2) is 12.3 Å². The number of amides is 3. The highest BCUT2D eigenvalue weighted by Gasteiger charge is 2.39. The number of aromatic nitrogens is 2. The number of anilines is 1. The van der Waals surface area contributed by atoms with Crippen LogP contribution in [0, 0.1) is 0 Å². The zero-order valence-electron chi connectivity index (χ0n) is 15.5. The average molecular weight is 427 g/mol. The second-order valence-electron chi connectivity index (χ2n) is 5.58. The Balaban J connectivity index is 2.41. The van der Waals surface area contributed by atoms with Crippen molar-refractivity contribution in [2.45, 2.75) is 13.1 Å². The molecule has 0 spiro atoms. The smallest absolute Gasteiger partial charge is 0.383 e. The number of ether oxygens (including phenoxy) is 1. The zero-order valence-corrected chi connectivity index (χ0v) is 16.3. The first-order valence-corrected chi connectivity index (χ1v) is 9.14. The Bertz CT molecular complexity index is 891. The van der Waals surface area contributed by atoms with E-state index in [9.17, 15) is 22.8 Å². The van der Waals surface area contributed by atoms with Gasteiger partial charge in [-0.15, -0.1) is 11.3 Å². The predicted octanol–water partition coefficient (Wildman–Crippen LogP) is 1.54. The first kappa shape index (κ1) is 22.6. The fourth-order valence-corrected chi connectivity index (χ4v) is 3.21. The molecule has 0 aliphatic rings. The number of rotatable bonds is 7. The Hall–Kier alpha value is -2.67. The minimum absolute atomic E-state index is 0.0396. The van der Waals surface area contributed by atoms with E-state index in [-0.39, 0.29) is 35.0 Å². The summed E-state index contributed by atoms with van der Waals surface area (Å²) in [6.07, 6.45) is -3.66. The summed E-state index contributed by atoms with van der Waals surface area (Å²) in [7, 11) is 7.23. The van der Waals surface area contributed by atoms with E-state index in [1.54, 1.807) is 6.92 Å². The van der Waals surface area contributed by atoms with Gasteiger partial charge in [0.05, 0.1) is 6.61 Å². The Labute approximate surface area is 169 Å². The van der Waals surface area contributed by atoms with Gasteiger partial charge in [0, 0.05) is 32.0 Å². The van der Waals surface area contributed by atoms with E-state index in [4.69, 9.17) is 12.6 Å². The molecule has 2 aromatic rings. The molecule has 2 rings (SSSR count). The number of methoxy groups -OCH3 is 1. The molecule has 3 amide bonds. The van der Waals surface area contributed by atoms with Crippen LogP contribution < -0.4 is 21.4 Å². The fourth-order valence-electron chi connectivity index (χ4n) is 2.17. The molecule has 8 nitrogen and oxygen atoms in total. The maximum atomic E-state index is 13.4. The van der Waals surface area contributed by atoms with E-state index < -0.39 is 28.7 Å². The highest BCUT2D eigenvalue weighted by atomic mass is 32.1. The molecule has 29 heavy (non-hydrogen) atoms. The van der Waals surface area contributed by atoms with Gasteiger partial charge in [0.1, 0.15) is 23.5 Å². The minimum Gasteiger partial charge on any atom is -0.383 e. The molecule has 0 aliphatic carbocycles. The molecule has 0 unspecified atom stereocenters. The lowest BCUT2D eigenvalue weighted by atomic mass is 9.93. The standard InChI is InChI=1S/C16H17BF3N5O3S/c1-3-21-15(27)24-10-6-8(9(17)7-23-10)14-25-12(16(18,19)20)11(29-14)13(26)22-4-5-28-2/h6-7H,3-5H2,1-2H3,(H,22,26)(H2,21,23,24,27). The maximum Gasteiger partial charge on any atom is 0.435 e. The number of urea groups is 1. The van der Waals surface area contributed by atoms with Crippen LogP contribution in [-0.2, 0) is 10.9 Å². The van der Waals surface area contributed by atoms with Crippen molar-refractivity contribution in [3.63, 3.8) is 0 Å². The minimum atomic E-state index is -4.84. The number of hydrogen-bond acceptors (Lipinski definition) is 6. The van der Waals surface area contributed by atoms with Gasteiger partial charge in [-0.2, -0.15) is 13.2 Å². The first-order valence-electron chi connectivity index (χ1n) is 8.33. The van der Waals surface area contributed by atoms with Crippen LogP contribution in [0.25, 0.3) is 10.6 Å². The lowest BCUT2D eigenvalue weighted by Crippen LogP contribution is -2.28. The molecule has 2 aromatic heterocycles. The zero-order chi connectivity index (χ0) is 21.6. The molecule has 0 fully saturated rings. The highest BCUT2D eigenvalue weighted by Crippen LogP contribution is 2.37. The van der Waals surface area contributed by atoms with Crippen LogP contribution in [0.1, 0.15) is 22.3 Å². The summed E-state index contributed by atoms with van der Waals surface area (Å²) in [5, 5.41) is 7.14. The third-order valence-electron chi connectivity index (χ3n) is 3.44. The number of alkyl halides is 3. The number of carbonyl (C=O) groups is 2. The van der Waals surface area contributed by atoms with Crippen molar-refractivity contribution in [2.75, 3.05) is 32.1 Å². The van der Waals surface area contributed by atoms with Gasteiger partial charge in [0.25, 0.3) is 5.91 Å². The maximum absolute atomic E-state index is 13.4. The molecule has 13 heteroatoms. The van der Waals surface area contributed by atoms with E-state index in [0.29, 0.717) is 17.9 Å². The summed E-state index contributed by atoms with van der Waals surface area (Å²) in [4.78, 5) is 30.7. The molecule has 2 radical (unpaired) electrons. The van der Waals surface area contributed by atoms with Crippen molar-refractivity contribution in [1.29, 1.82) is 0 Å². The summed E-state index contributed by atoms with van der Waals surface area (Å²) < 4.78 is 44.9. The quantitative estimate of drug-likeness (QED) is 0.459. The summed E-state index contributed by atoms with van der Waals surface area (Å²) in [6.45, 7) is 2.27. The predicted molar refractivity (Wildman–Crippen MR) is 103 cm³/mol. The highest BCUT2D eigenvalue weighted by molar-refractivity contribution is 7.17. The second-order valence-corrected chi connectivity index (χ2v) is 6.58. The van der Waals surface area contributed by atoms with Crippen molar-refractivity contribution in [3.8, 4) is 10.6 Å². The molecule has 0 saturated heterocycles. The number of nitrogens with one attached hydrogen (secondary N) is 3. The molecule has 0 aliphatic heterocycles. The van der Waals surface area contributed by atoms with Crippen molar-refractivity contribution in [3.05, 3.63) is 22.8 Å². The van der Waals surface area contributed by atoms with E-state index >= 15 is 0 Å². The van der Waals surface area contributed by atoms with E-state index in [0.717, 1.165) is 0 Å². The average Bonchev–Trinajstić information content (AvgIpc) is 3.09. The second kappa shape index (κ2) is 9.70. The molecule has 3 N–H and O–H groups in total. The third-order valence-corrected chi connectivity index (χ3v) is 4.53. The molecular weight excluding hydrogens is 410 g/mol. The molecule has 154 valence electrons. The first-order chi connectivity index (χ1) is 13.7. The molecule has 2 heterocycles. The monoisotopic (exact) mass is 427 g/mol. The Morgan fingerprint density at radius 2 is 2.03 bits per heavy atom. The van der Waals surface area contributed by atoms with Gasteiger partial charge in [0.2, 0.25) is 0 Å². The molecule has 0 bridgehead atoms. The number of thiazole rings is 1. The largest absolute Gasteiger partial charge is 0.435 e. The number of halogens is 3. The third kappa shape index (κ3) is 5.90. The van der Waals surface area contributed by atoms with Gasteiger partial charge in [-0.05, 0) is 13.0 Å². The SMILES string of the molecule is [B]c1cnc(NC(=O)NCC)cc1-c1nc(C(F)(F)F)c(C(=O)NCCOC)s1. The molecule has 0 atom stereocenters. The van der Waals surface area contributed by atoms with Crippen molar-refractivity contribution < 1.29 is 27.5 Å². The molecular formula is C16H17BF3N5O3S. The van der Waals surface area contributed by atoms with Crippen molar-refractivity contribution in [1.82, 2.24) is 20.6 Å². The molecule has 0 aromatic carbocycles. The van der Waals surface area contributed by atoms with Gasteiger partial charge in [-0.3, -0.25) is 10.1 Å². The number of carbonyl (C=O) groups excluding carboxylic acids is 2. The van der Waals surface area contributed by atoms with E-state index in [2.05, 4.69) is 25.9 Å². The normalized spacial score (nSPS) is 11.2. The number of nitrogens with zero attached hydrogens (tertiary/aromatic N) is 2. The van der Waals surface area contributed by atoms with Crippen LogP contribution in [0.4, 0.5) is 23.8 Å². The van der Waals surface area contributed by atoms with Gasteiger partial charge in [-0.1, -0.05) is 5.46 Å². The van der Waals surface area contributed by atoms with Gasteiger partial charge in [0.15, 0.2) is 5.69 Å². The van der Waals surface area contributed by atoms with Crippen LogP contribution in [0.3, 0.4) is 0 Å². The Morgan fingerprint density at radius 1 is 1.31 bits per heavy atom. The molecule has 0 saturated carbocycles. The van der Waals surface area contributed by atoms with Gasteiger partial charge >= 0.3 is 12.2 Å². The topological polar surface area (TPSA) is 105 Å². The van der Waals surface area contributed by atoms with Crippen molar-refractivity contribution in [2.24, 2.45) is 0 Å². The fraction of sp³-hybridized carbons (Fsp3) is 0.375. The van der Waals surface area contributed by atoms with Crippen LogP contribution in [0.5, 0.6) is 0 Å². The summed E-state index contributed by atoms with van der Waals surface area (Å²) in [6, 6.07) is 0.750. The lowest BCUT2D eigenvalue weighted by Gasteiger charge is -2.08. The number of hydrogen-bond donors (Lipinski definition) is 3.